The number of aromatic nitrogens is 2. The second-order valence-electron chi connectivity index (χ2n) is 3.84. The number of nitrogens with zero attached hydrogens (tertiary/aromatic N) is 3. The van der Waals surface area contributed by atoms with Gasteiger partial charge in [0.1, 0.15) is 28.5 Å². The largest absolute Gasteiger partial charge is 0.369 e. The minimum Gasteiger partial charge on any atom is -0.369 e. The lowest BCUT2D eigenvalue weighted by molar-refractivity contribution is 1.10. The van der Waals surface area contributed by atoms with Gasteiger partial charge in [0.25, 0.3) is 0 Å². The maximum absolute atomic E-state index is 9.13. The van der Waals surface area contributed by atoms with Crippen LogP contribution >= 0.6 is 31.9 Å². The smallest absolute Gasteiger partial charge is 0.150 e. The second kappa shape index (κ2) is 6.68. The Morgan fingerprint density at radius 2 is 2.00 bits per heavy atom. The van der Waals surface area contributed by atoms with Crippen LogP contribution in [0.3, 0.4) is 0 Å². The molecule has 0 unspecified atom stereocenters. The average Bonchev–Trinajstić information content (AvgIpc) is 2.44. The molecule has 0 amide bonds. The van der Waals surface area contributed by atoms with Crippen molar-refractivity contribution in [1.82, 2.24) is 9.97 Å². The Kier molecular flexibility index (Phi) is 4.93. The highest BCUT2D eigenvalue weighted by Gasteiger charge is 2.10. The highest BCUT2D eigenvalue weighted by molar-refractivity contribution is 9.11. The van der Waals surface area contributed by atoms with Gasteiger partial charge < -0.3 is 10.6 Å². The highest BCUT2D eigenvalue weighted by Crippen LogP contribution is 2.31. The van der Waals surface area contributed by atoms with Gasteiger partial charge in [-0.25, -0.2) is 9.97 Å². The van der Waals surface area contributed by atoms with Crippen LogP contribution in [0.15, 0.2) is 33.5 Å². The predicted molar refractivity (Wildman–Crippen MR) is 86.0 cm³/mol. The van der Waals surface area contributed by atoms with Gasteiger partial charge in [-0.2, -0.15) is 5.26 Å². The lowest BCUT2D eigenvalue weighted by Gasteiger charge is -2.12. The van der Waals surface area contributed by atoms with Gasteiger partial charge in [0.15, 0.2) is 0 Å². The molecule has 1 aromatic carbocycles. The molecule has 7 heteroatoms. The van der Waals surface area contributed by atoms with Crippen LogP contribution in [-0.4, -0.2) is 16.5 Å². The molecule has 20 heavy (non-hydrogen) atoms. The number of halogens is 2. The molecular formula is C13H11Br2N5. The molecular weight excluding hydrogens is 386 g/mol. The molecule has 5 nitrogen and oxygen atoms in total. The molecule has 0 saturated heterocycles. The van der Waals surface area contributed by atoms with Crippen LogP contribution < -0.4 is 10.6 Å². The van der Waals surface area contributed by atoms with Crippen LogP contribution in [0, 0.1) is 11.3 Å². The molecule has 2 N–H and O–H groups in total. The average molecular weight is 397 g/mol. The van der Waals surface area contributed by atoms with E-state index < -0.39 is 0 Å². The Morgan fingerprint density at radius 1 is 1.25 bits per heavy atom. The first-order chi connectivity index (χ1) is 9.65. The Labute approximate surface area is 133 Å². The van der Waals surface area contributed by atoms with Crippen LogP contribution in [0.5, 0.6) is 0 Å². The summed E-state index contributed by atoms with van der Waals surface area (Å²) >= 11 is 6.85. The minimum atomic E-state index is 0.545. The van der Waals surface area contributed by atoms with Gasteiger partial charge in [0.05, 0.1) is 11.3 Å². The Bertz CT molecular complexity index is 666. The van der Waals surface area contributed by atoms with Crippen molar-refractivity contribution < 1.29 is 0 Å². The first-order valence-corrected chi connectivity index (χ1v) is 7.45. The zero-order valence-corrected chi connectivity index (χ0v) is 13.8. The van der Waals surface area contributed by atoms with E-state index in [9.17, 15) is 0 Å². The number of anilines is 3. The maximum atomic E-state index is 9.13. The maximum Gasteiger partial charge on any atom is 0.150 e. The third-order valence-electron chi connectivity index (χ3n) is 2.49. The van der Waals surface area contributed by atoms with Crippen molar-refractivity contribution in [2.75, 3.05) is 17.2 Å². The van der Waals surface area contributed by atoms with Crippen LogP contribution in [0.2, 0.25) is 0 Å². The van der Waals surface area contributed by atoms with Crippen LogP contribution in [0.4, 0.5) is 17.3 Å². The van der Waals surface area contributed by atoms with E-state index in [1.165, 1.54) is 6.33 Å². The summed E-state index contributed by atoms with van der Waals surface area (Å²) in [5.41, 5.74) is 1.23. The molecule has 0 saturated carbocycles. The molecule has 0 aliphatic heterocycles. The molecule has 102 valence electrons. The normalized spacial score (nSPS) is 9.90. The highest BCUT2D eigenvalue weighted by atomic mass is 79.9. The molecule has 1 heterocycles. The zero-order valence-electron chi connectivity index (χ0n) is 10.6. The topological polar surface area (TPSA) is 73.6 Å². The number of hydrogen-bond donors (Lipinski definition) is 2. The summed E-state index contributed by atoms with van der Waals surface area (Å²) in [7, 11) is 0. The second-order valence-corrected chi connectivity index (χ2v) is 5.55. The van der Waals surface area contributed by atoms with Gasteiger partial charge >= 0.3 is 0 Å². The Morgan fingerprint density at radius 3 is 2.70 bits per heavy atom. The molecule has 0 fully saturated rings. The summed E-state index contributed by atoms with van der Waals surface area (Å²) in [5, 5.41) is 15.4. The zero-order chi connectivity index (χ0) is 14.5. The molecule has 0 spiro atoms. The van der Waals surface area contributed by atoms with Gasteiger partial charge in [-0.1, -0.05) is 15.9 Å². The van der Waals surface area contributed by atoms with Gasteiger partial charge in [-0.15, -0.1) is 0 Å². The fourth-order valence-corrected chi connectivity index (χ4v) is 2.40. The summed E-state index contributed by atoms with van der Waals surface area (Å²) in [4.78, 5) is 8.33. The van der Waals surface area contributed by atoms with E-state index in [1.54, 1.807) is 6.07 Å². The van der Waals surface area contributed by atoms with Crippen LogP contribution in [0.1, 0.15) is 12.5 Å². The lowest BCUT2D eigenvalue weighted by Crippen LogP contribution is -2.04. The Balaban J connectivity index is 2.38. The number of nitriles is 1. The lowest BCUT2D eigenvalue weighted by atomic mass is 10.2. The fourth-order valence-electron chi connectivity index (χ4n) is 1.59. The molecule has 0 bridgehead atoms. The van der Waals surface area contributed by atoms with E-state index in [4.69, 9.17) is 5.26 Å². The van der Waals surface area contributed by atoms with Crippen molar-refractivity contribution in [3.8, 4) is 6.07 Å². The molecule has 1 aromatic heterocycles. The molecule has 0 aliphatic carbocycles. The van der Waals surface area contributed by atoms with E-state index in [0.29, 0.717) is 22.9 Å². The van der Waals surface area contributed by atoms with Crippen molar-refractivity contribution in [3.63, 3.8) is 0 Å². The van der Waals surface area contributed by atoms with Gasteiger partial charge in [-0.05, 0) is 41.1 Å². The number of nitrogens with one attached hydrogen (secondary N) is 2. The van der Waals surface area contributed by atoms with E-state index >= 15 is 0 Å². The number of rotatable bonds is 4. The van der Waals surface area contributed by atoms with Gasteiger partial charge in [0.2, 0.25) is 0 Å². The first-order valence-electron chi connectivity index (χ1n) is 5.86. The minimum absolute atomic E-state index is 0.545. The summed E-state index contributed by atoms with van der Waals surface area (Å²) < 4.78 is 1.61. The quantitative estimate of drug-likeness (QED) is 0.815. The molecule has 2 rings (SSSR count). The standard InChI is InChI=1S/C13H11Br2N5/c1-2-17-12-11(15)13(19-7-18-12)20-10-5-9(14)4-3-8(10)6-16/h3-5,7H,2H2,1H3,(H2,17,18,19,20). The van der Waals surface area contributed by atoms with Crippen molar-refractivity contribution in [2.45, 2.75) is 6.92 Å². The molecule has 0 radical (unpaired) electrons. The van der Waals surface area contributed by atoms with Gasteiger partial charge in [-0.3, -0.25) is 0 Å². The van der Waals surface area contributed by atoms with E-state index in [1.807, 2.05) is 19.1 Å². The summed E-state index contributed by atoms with van der Waals surface area (Å²) in [6.07, 6.45) is 1.47. The van der Waals surface area contributed by atoms with Crippen LogP contribution in [-0.2, 0) is 0 Å². The van der Waals surface area contributed by atoms with Gasteiger partial charge in [0, 0.05) is 11.0 Å². The fraction of sp³-hybridized carbons (Fsp3) is 0.154. The van der Waals surface area contributed by atoms with E-state index in [-0.39, 0.29) is 0 Å². The van der Waals surface area contributed by atoms with Crippen molar-refractivity contribution in [3.05, 3.63) is 39.0 Å². The summed E-state index contributed by atoms with van der Waals surface area (Å²) in [5.74, 6) is 1.31. The summed E-state index contributed by atoms with van der Waals surface area (Å²) in [6.45, 7) is 2.75. The van der Waals surface area contributed by atoms with Crippen molar-refractivity contribution >= 4 is 49.2 Å². The monoisotopic (exact) mass is 395 g/mol. The SMILES string of the molecule is CCNc1ncnc(Nc2cc(Br)ccc2C#N)c1Br. The molecule has 2 aromatic rings. The number of benzene rings is 1. The summed E-state index contributed by atoms with van der Waals surface area (Å²) in [6, 6.07) is 7.54. The van der Waals surface area contributed by atoms with E-state index in [2.05, 4.69) is 58.5 Å². The molecule has 0 atom stereocenters. The van der Waals surface area contributed by atoms with Crippen LogP contribution in [0.25, 0.3) is 0 Å². The predicted octanol–water partition coefficient (Wildman–Crippen LogP) is 4.05. The first kappa shape index (κ1) is 14.8. The number of hydrogen-bond acceptors (Lipinski definition) is 5. The third-order valence-corrected chi connectivity index (χ3v) is 3.73. The Hall–Kier alpha value is -1.65. The molecule has 0 aliphatic rings. The van der Waals surface area contributed by atoms with Crippen molar-refractivity contribution in [2.24, 2.45) is 0 Å². The van der Waals surface area contributed by atoms with Crippen molar-refractivity contribution in [1.29, 1.82) is 5.26 Å². The third kappa shape index (κ3) is 3.26. The van der Waals surface area contributed by atoms with E-state index in [0.717, 1.165) is 15.5 Å².